The van der Waals surface area contributed by atoms with E-state index in [1.54, 1.807) is 36.4 Å². The van der Waals surface area contributed by atoms with Crippen molar-refractivity contribution in [2.75, 3.05) is 5.32 Å². The summed E-state index contributed by atoms with van der Waals surface area (Å²) in [5, 5.41) is 19.3. The number of carboxylic acid groups (broad SMARTS) is 1. The van der Waals surface area contributed by atoms with Crippen LogP contribution in [0, 0.1) is 0 Å². The molecule has 2 amide bonds. The Kier molecular flexibility index (Phi) is 7.32. The number of aliphatic carboxylic acids is 1. The Hall–Kier alpha value is -4.72. The van der Waals surface area contributed by atoms with Crippen molar-refractivity contribution in [3.8, 4) is 5.69 Å². The number of nitrogens with zero attached hydrogens (tertiary/aromatic N) is 2. The van der Waals surface area contributed by atoms with Crippen LogP contribution in [0.4, 0.5) is 5.82 Å². The summed E-state index contributed by atoms with van der Waals surface area (Å²) in [5.74, 6) is -1.58. The number of hydrogen-bond donors (Lipinski definition) is 3. The molecule has 1 heterocycles. The van der Waals surface area contributed by atoms with Crippen LogP contribution in [0.15, 0.2) is 97.1 Å². The Bertz CT molecular complexity index is 1310. The number of carbonyl (C=O) groups is 3. The SMILES string of the molecule is O=C(O)CC(Cc1ccccc1)NC(=O)c1cc(NC(=O)c2ccccc2)n(-c2ccccc2)n1. The molecule has 1 atom stereocenters. The van der Waals surface area contributed by atoms with Crippen molar-refractivity contribution in [2.24, 2.45) is 0 Å². The molecule has 0 aliphatic carbocycles. The summed E-state index contributed by atoms with van der Waals surface area (Å²) in [6, 6.07) is 28.0. The first-order valence-electron chi connectivity index (χ1n) is 11.1. The van der Waals surface area contributed by atoms with E-state index in [2.05, 4.69) is 15.7 Å². The van der Waals surface area contributed by atoms with Crippen molar-refractivity contribution in [2.45, 2.75) is 18.9 Å². The molecule has 0 saturated carbocycles. The van der Waals surface area contributed by atoms with Crippen LogP contribution in [-0.2, 0) is 11.2 Å². The van der Waals surface area contributed by atoms with E-state index in [1.165, 1.54) is 10.7 Å². The highest BCUT2D eigenvalue weighted by atomic mass is 16.4. The van der Waals surface area contributed by atoms with E-state index in [1.807, 2.05) is 54.6 Å². The largest absolute Gasteiger partial charge is 0.481 e. The highest BCUT2D eigenvalue weighted by Gasteiger charge is 2.22. The first-order chi connectivity index (χ1) is 17.0. The number of rotatable bonds is 9. The average molecular weight is 469 g/mol. The smallest absolute Gasteiger partial charge is 0.305 e. The molecule has 4 rings (SSSR count). The van der Waals surface area contributed by atoms with Crippen molar-refractivity contribution < 1.29 is 19.5 Å². The summed E-state index contributed by atoms with van der Waals surface area (Å²) in [4.78, 5) is 37.2. The van der Waals surface area contributed by atoms with Gasteiger partial charge >= 0.3 is 5.97 Å². The number of amides is 2. The van der Waals surface area contributed by atoms with Gasteiger partial charge in [0.15, 0.2) is 5.69 Å². The lowest BCUT2D eigenvalue weighted by Crippen LogP contribution is -2.38. The molecule has 0 aliphatic heterocycles. The van der Waals surface area contributed by atoms with Crippen molar-refractivity contribution in [3.05, 3.63) is 114 Å². The van der Waals surface area contributed by atoms with Gasteiger partial charge in [-0.1, -0.05) is 66.7 Å². The van der Waals surface area contributed by atoms with Crippen molar-refractivity contribution in [1.82, 2.24) is 15.1 Å². The molecular formula is C27H24N4O4. The lowest BCUT2D eigenvalue weighted by Gasteiger charge is -2.16. The maximum absolute atomic E-state index is 13.1. The number of anilines is 1. The quantitative estimate of drug-likeness (QED) is 0.344. The van der Waals surface area contributed by atoms with Crippen LogP contribution in [0.2, 0.25) is 0 Å². The highest BCUT2D eigenvalue weighted by molar-refractivity contribution is 6.04. The van der Waals surface area contributed by atoms with Crippen LogP contribution in [0.25, 0.3) is 5.69 Å². The Morgan fingerprint density at radius 2 is 1.43 bits per heavy atom. The number of benzene rings is 3. The van der Waals surface area contributed by atoms with Crippen LogP contribution in [0.1, 0.15) is 32.8 Å². The summed E-state index contributed by atoms with van der Waals surface area (Å²) in [7, 11) is 0. The number of para-hydroxylation sites is 1. The fourth-order valence-electron chi connectivity index (χ4n) is 3.67. The fourth-order valence-corrected chi connectivity index (χ4v) is 3.67. The van der Waals surface area contributed by atoms with Crippen LogP contribution < -0.4 is 10.6 Å². The van der Waals surface area contributed by atoms with Crippen molar-refractivity contribution in [3.63, 3.8) is 0 Å². The molecule has 8 heteroatoms. The van der Waals surface area contributed by atoms with Gasteiger partial charge in [0, 0.05) is 17.7 Å². The lowest BCUT2D eigenvalue weighted by molar-refractivity contribution is -0.137. The van der Waals surface area contributed by atoms with Gasteiger partial charge in [-0.05, 0) is 36.2 Å². The fraction of sp³-hybridized carbons (Fsp3) is 0.111. The van der Waals surface area contributed by atoms with Crippen molar-refractivity contribution in [1.29, 1.82) is 0 Å². The molecule has 35 heavy (non-hydrogen) atoms. The molecule has 0 spiro atoms. The number of nitrogens with one attached hydrogen (secondary N) is 2. The van der Waals surface area contributed by atoms with Crippen LogP contribution in [0.3, 0.4) is 0 Å². The van der Waals surface area contributed by atoms with E-state index in [0.717, 1.165) is 5.56 Å². The van der Waals surface area contributed by atoms with Gasteiger partial charge in [-0.2, -0.15) is 5.10 Å². The van der Waals surface area contributed by atoms with Crippen LogP contribution in [0.5, 0.6) is 0 Å². The molecule has 0 radical (unpaired) electrons. The van der Waals surface area contributed by atoms with Gasteiger partial charge in [0.05, 0.1) is 12.1 Å². The minimum atomic E-state index is -1.02. The van der Waals surface area contributed by atoms with Gasteiger partial charge in [0.2, 0.25) is 0 Å². The van der Waals surface area contributed by atoms with E-state index in [0.29, 0.717) is 23.5 Å². The Morgan fingerprint density at radius 1 is 0.829 bits per heavy atom. The average Bonchev–Trinajstić information content (AvgIpc) is 3.29. The maximum Gasteiger partial charge on any atom is 0.305 e. The molecular weight excluding hydrogens is 444 g/mol. The number of hydrogen-bond acceptors (Lipinski definition) is 4. The van der Waals surface area contributed by atoms with E-state index < -0.39 is 17.9 Å². The predicted octanol–water partition coefficient (Wildman–Crippen LogP) is 3.94. The van der Waals surface area contributed by atoms with Gasteiger partial charge < -0.3 is 15.7 Å². The molecule has 0 aliphatic rings. The van der Waals surface area contributed by atoms with Gasteiger partial charge in [-0.25, -0.2) is 4.68 Å². The molecule has 4 aromatic rings. The van der Waals surface area contributed by atoms with E-state index in [4.69, 9.17) is 0 Å². The maximum atomic E-state index is 13.1. The monoisotopic (exact) mass is 468 g/mol. The summed E-state index contributed by atoms with van der Waals surface area (Å²) in [5.41, 5.74) is 2.08. The summed E-state index contributed by atoms with van der Waals surface area (Å²) in [6.45, 7) is 0. The third kappa shape index (κ3) is 6.20. The molecule has 176 valence electrons. The first kappa shape index (κ1) is 23.4. The second-order valence-corrected chi connectivity index (χ2v) is 7.94. The summed E-state index contributed by atoms with van der Waals surface area (Å²) in [6.07, 6.45) is 0.119. The molecule has 1 unspecified atom stereocenters. The standard InChI is InChI=1S/C27H24N4O4/c32-25(33)17-21(16-19-10-4-1-5-11-19)28-27(35)23-18-24(29-26(34)20-12-6-2-7-13-20)31(30-23)22-14-8-3-9-15-22/h1-15,18,21H,16-17H2,(H,28,35)(H,29,34)(H,32,33). The zero-order valence-electron chi connectivity index (χ0n) is 18.8. The number of aromatic nitrogens is 2. The summed E-state index contributed by atoms with van der Waals surface area (Å²) >= 11 is 0. The molecule has 3 aromatic carbocycles. The van der Waals surface area contributed by atoms with Gasteiger partial charge in [0.1, 0.15) is 5.82 Å². The zero-order chi connectivity index (χ0) is 24.6. The molecule has 0 bridgehead atoms. The van der Waals surface area contributed by atoms with E-state index in [9.17, 15) is 19.5 Å². The second-order valence-electron chi connectivity index (χ2n) is 7.94. The highest BCUT2D eigenvalue weighted by Crippen LogP contribution is 2.19. The van der Waals surface area contributed by atoms with Crippen molar-refractivity contribution >= 4 is 23.6 Å². The molecule has 0 saturated heterocycles. The normalized spacial score (nSPS) is 11.4. The second kappa shape index (κ2) is 10.9. The predicted molar refractivity (Wildman–Crippen MR) is 132 cm³/mol. The number of carboxylic acids is 1. The molecule has 1 aromatic heterocycles. The summed E-state index contributed by atoms with van der Waals surface area (Å²) < 4.78 is 1.47. The molecule has 3 N–H and O–H groups in total. The van der Waals surface area contributed by atoms with E-state index >= 15 is 0 Å². The van der Waals surface area contributed by atoms with Gasteiger partial charge in [0.25, 0.3) is 11.8 Å². The Labute approximate surface area is 202 Å². The minimum Gasteiger partial charge on any atom is -0.481 e. The van der Waals surface area contributed by atoms with Crippen LogP contribution in [-0.4, -0.2) is 38.7 Å². The minimum absolute atomic E-state index is 0.0562. The molecule has 8 nitrogen and oxygen atoms in total. The van der Waals surface area contributed by atoms with E-state index in [-0.39, 0.29) is 18.0 Å². The Morgan fingerprint density at radius 3 is 2.06 bits per heavy atom. The lowest BCUT2D eigenvalue weighted by atomic mass is 10.0. The number of carbonyl (C=O) groups excluding carboxylic acids is 2. The molecule has 0 fully saturated rings. The topological polar surface area (TPSA) is 113 Å². The third-order valence-corrected chi connectivity index (χ3v) is 5.30. The zero-order valence-corrected chi connectivity index (χ0v) is 18.8. The van der Waals surface area contributed by atoms with Gasteiger partial charge in [-0.15, -0.1) is 0 Å². The third-order valence-electron chi connectivity index (χ3n) is 5.30. The Balaban J connectivity index is 1.60. The van der Waals surface area contributed by atoms with Crippen LogP contribution >= 0.6 is 0 Å². The first-order valence-corrected chi connectivity index (χ1v) is 11.1. The van der Waals surface area contributed by atoms with Gasteiger partial charge in [-0.3, -0.25) is 14.4 Å².